The lowest BCUT2D eigenvalue weighted by Crippen LogP contribution is -2.08. The number of hydrogen-bond donors (Lipinski definition) is 2. The van der Waals surface area contributed by atoms with Gasteiger partial charge < -0.3 is 10.6 Å². The molecule has 0 saturated heterocycles. The standard InChI is InChI=1S/C18H15FIN5/c19-14-8-12(20)3-6-15(14)23-17-9-16(11-2-1-7-21-10-11)24-18(25-17)22-13-4-5-13/h1-3,6-10,13H,4-5H2,(H2,22,23,24,25). The van der Waals surface area contributed by atoms with Crippen molar-refractivity contribution in [2.75, 3.05) is 10.6 Å². The summed E-state index contributed by atoms with van der Waals surface area (Å²) in [4.78, 5) is 13.2. The van der Waals surface area contributed by atoms with Crippen LogP contribution in [-0.4, -0.2) is 21.0 Å². The molecule has 5 nitrogen and oxygen atoms in total. The van der Waals surface area contributed by atoms with E-state index in [-0.39, 0.29) is 5.82 Å². The molecule has 2 aromatic heterocycles. The number of aromatic nitrogens is 3. The molecule has 0 aliphatic heterocycles. The molecule has 2 N–H and O–H groups in total. The molecule has 0 atom stereocenters. The van der Waals surface area contributed by atoms with Crippen molar-refractivity contribution >= 4 is 40.0 Å². The smallest absolute Gasteiger partial charge is 0.225 e. The van der Waals surface area contributed by atoms with E-state index in [1.54, 1.807) is 24.5 Å². The first-order valence-electron chi connectivity index (χ1n) is 7.95. The minimum Gasteiger partial charge on any atom is -0.351 e. The van der Waals surface area contributed by atoms with Crippen molar-refractivity contribution in [3.05, 3.63) is 58.2 Å². The average molecular weight is 447 g/mol. The number of halogens is 2. The van der Waals surface area contributed by atoms with Gasteiger partial charge in [0.1, 0.15) is 11.6 Å². The van der Waals surface area contributed by atoms with Gasteiger partial charge in [-0.05, 0) is 65.8 Å². The normalized spacial score (nSPS) is 13.5. The number of pyridine rings is 1. The van der Waals surface area contributed by atoms with Gasteiger partial charge in [0.05, 0.1) is 11.4 Å². The summed E-state index contributed by atoms with van der Waals surface area (Å²) in [5, 5.41) is 6.35. The lowest BCUT2D eigenvalue weighted by Gasteiger charge is -2.11. The van der Waals surface area contributed by atoms with Gasteiger partial charge in [-0.1, -0.05) is 0 Å². The Balaban J connectivity index is 1.70. The zero-order valence-corrected chi connectivity index (χ0v) is 15.4. The van der Waals surface area contributed by atoms with Gasteiger partial charge in [0.15, 0.2) is 0 Å². The van der Waals surface area contributed by atoms with E-state index in [9.17, 15) is 4.39 Å². The van der Waals surface area contributed by atoms with E-state index in [4.69, 9.17) is 0 Å². The van der Waals surface area contributed by atoms with Crippen LogP contribution in [0.1, 0.15) is 12.8 Å². The SMILES string of the molecule is Fc1cc(I)ccc1Nc1cc(-c2cccnc2)nc(NC2CC2)n1. The Morgan fingerprint density at radius 3 is 2.72 bits per heavy atom. The van der Waals surface area contributed by atoms with E-state index in [2.05, 4.69) is 48.2 Å². The summed E-state index contributed by atoms with van der Waals surface area (Å²) in [6, 6.07) is 11.0. The predicted molar refractivity (Wildman–Crippen MR) is 104 cm³/mol. The van der Waals surface area contributed by atoms with E-state index < -0.39 is 0 Å². The van der Waals surface area contributed by atoms with Crippen molar-refractivity contribution in [3.63, 3.8) is 0 Å². The Morgan fingerprint density at radius 2 is 2.00 bits per heavy atom. The maximum Gasteiger partial charge on any atom is 0.225 e. The largest absolute Gasteiger partial charge is 0.351 e. The zero-order chi connectivity index (χ0) is 17.2. The molecule has 0 spiro atoms. The van der Waals surface area contributed by atoms with Gasteiger partial charge in [-0.3, -0.25) is 4.98 Å². The highest BCUT2D eigenvalue weighted by atomic mass is 127. The number of hydrogen-bond acceptors (Lipinski definition) is 5. The van der Waals surface area contributed by atoms with Crippen molar-refractivity contribution in [1.29, 1.82) is 0 Å². The van der Waals surface area contributed by atoms with Gasteiger partial charge in [-0.2, -0.15) is 4.98 Å². The molecule has 1 aliphatic rings. The van der Waals surface area contributed by atoms with E-state index in [1.807, 2.05) is 18.2 Å². The van der Waals surface area contributed by atoms with Crippen LogP contribution >= 0.6 is 22.6 Å². The minimum absolute atomic E-state index is 0.315. The second-order valence-corrected chi connectivity index (χ2v) is 7.12. The lowest BCUT2D eigenvalue weighted by atomic mass is 10.2. The molecule has 126 valence electrons. The van der Waals surface area contributed by atoms with E-state index >= 15 is 0 Å². The van der Waals surface area contributed by atoms with Gasteiger partial charge >= 0.3 is 0 Å². The van der Waals surface area contributed by atoms with Gasteiger partial charge in [0.2, 0.25) is 5.95 Å². The minimum atomic E-state index is -0.315. The third-order valence-electron chi connectivity index (χ3n) is 3.79. The first-order valence-corrected chi connectivity index (χ1v) is 9.03. The molecular weight excluding hydrogens is 432 g/mol. The van der Waals surface area contributed by atoms with E-state index in [0.29, 0.717) is 23.5 Å². The molecule has 0 radical (unpaired) electrons. The molecular formula is C18H15FIN5. The fourth-order valence-electron chi connectivity index (χ4n) is 2.38. The molecule has 1 aliphatic carbocycles. The summed E-state index contributed by atoms with van der Waals surface area (Å²) in [6.45, 7) is 0. The topological polar surface area (TPSA) is 62.7 Å². The highest BCUT2D eigenvalue weighted by Gasteiger charge is 2.22. The van der Waals surface area contributed by atoms with Crippen molar-refractivity contribution < 1.29 is 4.39 Å². The second kappa shape index (κ2) is 6.91. The van der Waals surface area contributed by atoms with Crippen LogP contribution in [0.5, 0.6) is 0 Å². The summed E-state index contributed by atoms with van der Waals surface area (Å²) in [5.41, 5.74) is 2.00. The summed E-state index contributed by atoms with van der Waals surface area (Å²) in [7, 11) is 0. The maximum absolute atomic E-state index is 14.1. The van der Waals surface area contributed by atoms with Crippen LogP contribution in [0.4, 0.5) is 21.8 Å². The number of nitrogens with one attached hydrogen (secondary N) is 2. The fourth-order valence-corrected chi connectivity index (χ4v) is 2.83. The Kier molecular flexibility index (Phi) is 4.48. The van der Waals surface area contributed by atoms with Crippen LogP contribution in [0.3, 0.4) is 0 Å². The monoisotopic (exact) mass is 447 g/mol. The molecule has 2 heterocycles. The highest BCUT2D eigenvalue weighted by molar-refractivity contribution is 14.1. The summed E-state index contributed by atoms with van der Waals surface area (Å²) < 4.78 is 15.0. The third-order valence-corrected chi connectivity index (χ3v) is 4.46. The van der Waals surface area contributed by atoms with Crippen LogP contribution in [0, 0.1) is 9.39 Å². The molecule has 1 aromatic carbocycles. The number of benzene rings is 1. The summed E-state index contributed by atoms with van der Waals surface area (Å²) in [5.74, 6) is 0.763. The Bertz CT molecular complexity index is 899. The van der Waals surface area contributed by atoms with Crippen LogP contribution in [0.2, 0.25) is 0 Å². The summed E-state index contributed by atoms with van der Waals surface area (Å²) >= 11 is 2.08. The molecule has 0 amide bonds. The van der Waals surface area contributed by atoms with Gasteiger partial charge in [0, 0.05) is 33.6 Å². The van der Waals surface area contributed by atoms with Crippen molar-refractivity contribution in [2.24, 2.45) is 0 Å². The third kappa shape index (κ3) is 4.04. The van der Waals surface area contributed by atoms with Crippen LogP contribution in [0.25, 0.3) is 11.3 Å². The first-order chi connectivity index (χ1) is 12.2. The average Bonchev–Trinajstić information content (AvgIpc) is 3.42. The van der Waals surface area contributed by atoms with Crippen molar-refractivity contribution in [3.8, 4) is 11.3 Å². The molecule has 4 rings (SSSR count). The molecule has 3 aromatic rings. The van der Waals surface area contributed by atoms with Crippen molar-refractivity contribution in [1.82, 2.24) is 15.0 Å². The predicted octanol–water partition coefficient (Wildman–Crippen LogP) is 4.60. The van der Waals surface area contributed by atoms with Crippen LogP contribution in [-0.2, 0) is 0 Å². The molecule has 0 bridgehead atoms. The number of rotatable bonds is 5. The molecule has 25 heavy (non-hydrogen) atoms. The van der Waals surface area contributed by atoms with Gasteiger partial charge in [-0.15, -0.1) is 0 Å². The lowest BCUT2D eigenvalue weighted by molar-refractivity contribution is 0.631. The number of anilines is 3. The molecule has 0 unspecified atom stereocenters. The van der Waals surface area contributed by atoms with Crippen LogP contribution in [0.15, 0.2) is 48.8 Å². The first kappa shape index (κ1) is 16.2. The van der Waals surface area contributed by atoms with Gasteiger partial charge in [0.25, 0.3) is 0 Å². The maximum atomic E-state index is 14.1. The zero-order valence-electron chi connectivity index (χ0n) is 13.2. The fraction of sp³-hybridized carbons (Fsp3) is 0.167. The molecule has 1 fully saturated rings. The van der Waals surface area contributed by atoms with E-state index in [0.717, 1.165) is 27.7 Å². The Hall–Kier alpha value is -2.29. The summed E-state index contributed by atoms with van der Waals surface area (Å²) in [6.07, 6.45) is 5.70. The van der Waals surface area contributed by atoms with E-state index in [1.165, 1.54) is 6.07 Å². The Labute approximate surface area is 158 Å². The highest BCUT2D eigenvalue weighted by Crippen LogP contribution is 2.28. The quantitative estimate of drug-likeness (QED) is 0.560. The van der Waals surface area contributed by atoms with Crippen LogP contribution < -0.4 is 10.6 Å². The number of nitrogens with zero attached hydrogens (tertiary/aromatic N) is 3. The second-order valence-electron chi connectivity index (χ2n) is 5.87. The Morgan fingerprint density at radius 1 is 1.12 bits per heavy atom. The van der Waals surface area contributed by atoms with Gasteiger partial charge in [-0.25, -0.2) is 9.37 Å². The van der Waals surface area contributed by atoms with Crippen molar-refractivity contribution in [2.45, 2.75) is 18.9 Å². The molecule has 1 saturated carbocycles. The molecule has 7 heteroatoms.